The molecule has 0 radical (unpaired) electrons. The number of nitrogens with zero attached hydrogens (tertiary/aromatic N) is 3. The smallest absolute Gasteiger partial charge is 0.243 e. The Kier molecular flexibility index (Phi) is 9.11. The van der Waals surface area contributed by atoms with Gasteiger partial charge in [-0.25, -0.2) is 8.42 Å². The van der Waals surface area contributed by atoms with Crippen LogP contribution in [0.15, 0.2) is 85.2 Å². The van der Waals surface area contributed by atoms with Crippen LogP contribution in [0.2, 0.25) is 0 Å². The third kappa shape index (κ3) is 8.01. The zero-order valence-corrected chi connectivity index (χ0v) is 20.7. The summed E-state index contributed by atoms with van der Waals surface area (Å²) in [5.74, 6) is -0.779. The summed E-state index contributed by atoms with van der Waals surface area (Å²) in [4.78, 5) is 32.4. The average Bonchev–Trinajstić information content (AvgIpc) is 2.86. The molecule has 0 fully saturated rings. The normalized spacial score (nSPS) is 12.2. The minimum atomic E-state index is -3.58. The van der Waals surface area contributed by atoms with Gasteiger partial charge in [0.15, 0.2) is 0 Å². The van der Waals surface area contributed by atoms with Crippen molar-refractivity contribution in [2.45, 2.75) is 25.6 Å². The van der Waals surface area contributed by atoms with Crippen LogP contribution in [0.25, 0.3) is 0 Å². The zero-order chi connectivity index (χ0) is 25.3. The van der Waals surface area contributed by atoms with Gasteiger partial charge in [-0.1, -0.05) is 60.7 Å². The second-order valence-electron chi connectivity index (χ2n) is 8.31. The van der Waals surface area contributed by atoms with E-state index in [9.17, 15) is 18.0 Å². The maximum atomic E-state index is 13.5. The van der Waals surface area contributed by atoms with Gasteiger partial charge < -0.3 is 10.2 Å². The van der Waals surface area contributed by atoms with Crippen molar-refractivity contribution < 1.29 is 18.0 Å². The van der Waals surface area contributed by atoms with E-state index in [1.54, 1.807) is 24.5 Å². The molecule has 3 aromatic rings. The van der Waals surface area contributed by atoms with E-state index in [2.05, 4.69) is 10.3 Å². The second kappa shape index (κ2) is 12.2. The molecule has 0 aliphatic carbocycles. The number of hydrogen-bond donors (Lipinski definition) is 1. The molecule has 9 heteroatoms. The SMILES string of the molecule is CN(CC(=O)N(Cc1ccccc1)[C@H](Cc1ccccc1)C(=O)NCc1ccncc1)S(C)(=O)=O. The molecule has 2 amide bonds. The molecule has 1 heterocycles. The lowest BCUT2D eigenvalue weighted by molar-refractivity contribution is -0.141. The number of amides is 2. The van der Waals surface area contributed by atoms with Gasteiger partial charge in [-0.05, 0) is 28.8 Å². The van der Waals surface area contributed by atoms with Crippen molar-refractivity contribution in [2.24, 2.45) is 0 Å². The predicted molar refractivity (Wildman–Crippen MR) is 134 cm³/mol. The molecule has 8 nitrogen and oxygen atoms in total. The minimum absolute atomic E-state index is 0.164. The fourth-order valence-corrected chi connectivity index (χ4v) is 3.89. The lowest BCUT2D eigenvalue weighted by Gasteiger charge is -2.32. The number of carbonyl (C=O) groups excluding carboxylic acids is 2. The Morgan fingerprint density at radius 3 is 2.03 bits per heavy atom. The molecule has 35 heavy (non-hydrogen) atoms. The molecule has 0 unspecified atom stereocenters. The van der Waals surface area contributed by atoms with Crippen molar-refractivity contribution in [1.29, 1.82) is 0 Å². The molecule has 0 saturated heterocycles. The van der Waals surface area contributed by atoms with Crippen LogP contribution < -0.4 is 5.32 Å². The van der Waals surface area contributed by atoms with E-state index in [-0.39, 0.29) is 32.0 Å². The number of rotatable bonds is 11. The van der Waals surface area contributed by atoms with E-state index in [1.165, 1.54) is 11.9 Å². The van der Waals surface area contributed by atoms with Crippen molar-refractivity contribution in [2.75, 3.05) is 19.8 Å². The summed E-state index contributed by atoms with van der Waals surface area (Å²) in [6, 6.07) is 21.5. The number of benzene rings is 2. The van der Waals surface area contributed by atoms with Crippen molar-refractivity contribution >= 4 is 21.8 Å². The van der Waals surface area contributed by atoms with Gasteiger partial charge in [-0.3, -0.25) is 14.6 Å². The van der Waals surface area contributed by atoms with Crippen molar-refractivity contribution in [3.63, 3.8) is 0 Å². The van der Waals surface area contributed by atoms with Crippen LogP contribution in [-0.2, 0) is 39.1 Å². The summed E-state index contributed by atoms with van der Waals surface area (Å²) >= 11 is 0. The molecular weight excluding hydrogens is 464 g/mol. The molecule has 1 atom stereocenters. The first-order chi connectivity index (χ1) is 16.7. The average molecular weight is 495 g/mol. The first-order valence-corrected chi connectivity index (χ1v) is 13.0. The van der Waals surface area contributed by atoms with E-state index < -0.39 is 22.0 Å². The van der Waals surface area contributed by atoms with Crippen molar-refractivity contribution in [1.82, 2.24) is 19.5 Å². The van der Waals surface area contributed by atoms with Crippen LogP contribution >= 0.6 is 0 Å². The molecule has 0 spiro atoms. The fourth-order valence-electron chi connectivity index (χ4n) is 3.54. The highest BCUT2D eigenvalue weighted by atomic mass is 32.2. The number of pyridine rings is 1. The molecule has 0 saturated carbocycles. The van der Waals surface area contributed by atoms with Gasteiger partial charge in [0.1, 0.15) is 6.04 Å². The monoisotopic (exact) mass is 494 g/mol. The Labute approximate surface area is 206 Å². The minimum Gasteiger partial charge on any atom is -0.350 e. The molecule has 2 aromatic carbocycles. The van der Waals surface area contributed by atoms with Gasteiger partial charge >= 0.3 is 0 Å². The lowest BCUT2D eigenvalue weighted by atomic mass is 10.0. The molecule has 0 bridgehead atoms. The summed E-state index contributed by atoms with van der Waals surface area (Å²) in [6.45, 7) is 0.0787. The van der Waals surface area contributed by atoms with Crippen LogP contribution in [0.3, 0.4) is 0 Å². The second-order valence-corrected chi connectivity index (χ2v) is 10.4. The highest BCUT2D eigenvalue weighted by Crippen LogP contribution is 2.16. The van der Waals surface area contributed by atoms with Gasteiger partial charge in [-0.15, -0.1) is 0 Å². The Balaban J connectivity index is 1.92. The van der Waals surface area contributed by atoms with E-state index in [0.29, 0.717) is 0 Å². The summed E-state index contributed by atoms with van der Waals surface area (Å²) < 4.78 is 24.9. The van der Waals surface area contributed by atoms with E-state index in [1.807, 2.05) is 60.7 Å². The Morgan fingerprint density at radius 1 is 0.886 bits per heavy atom. The number of sulfonamides is 1. The topological polar surface area (TPSA) is 99.7 Å². The van der Waals surface area contributed by atoms with Gasteiger partial charge in [0.05, 0.1) is 12.8 Å². The van der Waals surface area contributed by atoms with E-state index >= 15 is 0 Å². The molecule has 0 aliphatic heterocycles. The molecule has 1 N–H and O–H groups in total. The van der Waals surface area contributed by atoms with Crippen molar-refractivity contribution in [3.05, 3.63) is 102 Å². The van der Waals surface area contributed by atoms with Gasteiger partial charge in [0, 0.05) is 39.0 Å². The van der Waals surface area contributed by atoms with Gasteiger partial charge in [-0.2, -0.15) is 4.31 Å². The molecule has 1 aromatic heterocycles. The van der Waals surface area contributed by atoms with Crippen LogP contribution in [0.1, 0.15) is 16.7 Å². The number of nitrogens with one attached hydrogen (secondary N) is 1. The predicted octanol–water partition coefficient (Wildman–Crippen LogP) is 2.23. The van der Waals surface area contributed by atoms with Gasteiger partial charge in [0.2, 0.25) is 21.8 Å². The number of carbonyl (C=O) groups is 2. The first-order valence-electron chi connectivity index (χ1n) is 11.2. The number of likely N-dealkylation sites (N-methyl/N-ethyl adjacent to an activating group) is 1. The Bertz CT molecular complexity index is 1210. The maximum absolute atomic E-state index is 13.5. The van der Waals surface area contributed by atoms with Crippen molar-refractivity contribution in [3.8, 4) is 0 Å². The summed E-state index contributed by atoms with van der Waals surface area (Å²) in [6.07, 6.45) is 4.62. The first kappa shape index (κ1) is 26.1. The largest absolute Gasteiger partial charge is 0.350 e. The molecule has 184 valence electrons. The summed E-state index contributed by atoms with van der Waals surface area (Å²) in [7, 11) is -2.23. The number of hydrogen-bond acceptors (Lipinski definition) is 5. The third-order valence-electron chi connectivity index (χ3n) is 5.61. The Morgan fingerprint density at radius 2 is 1.46 bits per heavy atom. The lowest BCUT2D eigenvalue weighted by Crippen LogP contribution is -2.52. The molecule has 0 aliphatic rings. The van der Waals surface area contributed by atoms with Crippen LogP contribution in [-0.4, -0.2) is 60.3 Å². The quantitative estimate of drug-likeness (QED) is 0.441. The summed E-state index contributed by atoms with van der Waals surface area (Å²) in [5, 5.41) is 2.93. The van der Waals surface area contributed by atoms with Crippen LogP contribution in [0.5, 0.6) is 0 Å². The maximum Gasteiger partial charge on any atom is 0.243 e. The molecular formula is C26H30N4O4S. The number of aromatic nitrogens is 1. The van der Waals surface area contributed by atoms with Crippen LogP contribution in [0, 0.1) is 0 Å². The van der Waals surface area contributed by atoms with E-state index in [4.69, 9.17) is 0 Å². The zero-order valence-electron chi connectivity index (χ0n) is 19.9. The fraction of sp³-hybridized carbons (Fsp3) is 0.269. The van der Waals surface area contributed by atoms with Crippen LogP contribution in [0.4, 0.5) is 0 Å². The standard InChI is InChI=1S/C26H30N4O4S/c1-29(35(2,33)34)20-25(31)30(19-23-11-7-4-8-12-23)24(17-21-9-5-3-6-10-21)26(32)28-18-22-13-15-27-16-14-22/h3-16,24H,17-20H2,1-2H3,(H,28,32)/t24-/m1/s1. The summed E-state index contributed by atoms with van der Waals surface area (Å²) in [5.41, 5.74) is 2.60. The highest BCUT2D eigenvalue weighted by molar-refractivity contribution is 7.88. The molecule has 3 rings (SSSR count). The highest BCUT2D eigenvalue weighted by Gasteiger charge is 2.31. The Hall–Kier alpha value is -3.56. The van der Waals surface area contributed by atoms with Gasteiger partial charge in [0.25, 0.3) is 0 Å². The third-order valence-corrected chi connectivity index (χ3v) is 6.87. The van der Waals surface area contributed by atoms with E-state index in [0.717, 1.165) is 27.3 Å².